The van der Waals surface area contributed by atoms with Crippen molar-refractivity contribution >= 4 is 11.6 Å². The lowest BCUT2D eigenvalue weighted by atomic mass is 10.1. The predicted molar refractivity (Wildman–Crippen MR) is 73.1 cm³/mol. The standard InChI is InChI=1S/C15H14F2N2O/c1-9(10-2-4-11(16)5-3-10)19-15(20)13-7-6-12(18)8-14(13)17/h2-9H,18H2,1H3,(H,19,20)/t9-/m0/s1. The highest BCUT2D eigenvalue weighted by molar-refractivity contribution is 5.95. The molecule has 0 aromatic heterocycles. The highest BCUT2D eigenvalue weighted by atomic mass is 19.1. The molecule has 0 fully saturated rings. The molecule has 0 radical (unpaired) electrons. The maximum absolute atomic E-state index is 13.6. The molecule has 1 atom stereocenters. The summed E-state index contributed by atoms with van der Waals surface area (Å²) in [5.41, 5.74) is 6.34. The van der Waals surface area contributed by atoms with Crippen molar-refractivity contribution in [2.24, 2.45) is 0 Å². The maximum Gasteiger partial charge on any atom is 0.254 e. The number of anilines is 1. The molecule has 5 heteroatoms. The van der Waals surface area contributed by atoms with Gasteiger partial charge in [-0.1, -0.05) is 12.1 Å². The fourth-order valence-corrected chi connectivity index (χ4v) is 1.82. The van der Waals surface area contributed by atoms with Gasteiger partial charge in [0.2, 0.25) is 0 Å². The van der Waals surface area contributed by atoms with Crippen LogP contribution in [0.25, 0.3) is 0 Å². The van der Waals surface area contributed by atoms with E-state index in [0.29, 0.717) is 0 Å². The van der Waals surface area contributed by atoms with Gasteiger partial charge in [0.15, 0.2) is 0 Å². The fourth-order valence-electron chi connectivity index (χ4n) is 1.82. The molecule has 104 valence electrons. The third-order valence-electron chi connectivity index (χ3n) is 2.96. The number of hydrogen-bond donors (Lipinski definition) is 2. The van der Waals surface area contributed by atoms with Crippen molar-refractivity contribution in [1.29, 1.82) is 0 Å². The molecule has 2 aromatic rings. The lowest BCUT2D eigenvalue weighted by molar-refractivity contribution is 0.0936. The zero-order valence-electron chi connectivity index (χ0n) is 10.9. The first-order chi connectivity index (χ1) is 9.47. The van der Waals surface area contributed by atoms with Gasteiger partial charge in [-0.15, -0.1) is 0 Å². The predicted octanol–water partition coefficient (Wildman–Crippen LogP) is 3.04. The van der Waals surface area contributed by atoms with Gasteiger partial charge in [0.1, 0.15) is 11.6 Å². The van der Waals surface area contributed by atoms with Gasteiger partial charge in [0.05, 0.1) is 11.6 Å². The van der Waals surface area contributed by atoms with Crippen LogP contribution in [0.3, 0.4) is 0 Å². The van der Waals surface area contributed by atoms with E-state index >= 15 is 0 Å². The van der Waals surface area contributed by atoms with Gasteiger partial charge in [-0.3, -0.25) is 4.79 Å². The van der Waals surface area contributed by atoms with Crippen LogP contribution in [0.15, 0.2) is 42.5 Å². The number of rotatable bonds is 3. The Morgan fingerprint density at radius 1 is 1.15 bits per heavy atom. The van der Waals surface area contributed by atoms with Crippen molar-refractivity contribution in [2.75, 3.05) is 5.73 Å². The minimum atomic E-state index is -0.672. The number of benzene rings is 2. The monoisotopic (exact) mass is 276 g/mol. The van der Waals surface area contributed by atoms with E-state index in [4.69, 9.17) is 5.73 Å². The Labute approximate surface area is 115 Å². The number of amides is 1. The average molecular weight is 276 g/mol. The first-order valence-corrected chi connectivity index (χ1v) is 6.08. The van der Waals surface area contributed by atoms with Crippen molar-refractivity contribution < 1.29 is 13.6 Å². The van der Waals surface area contributed by atoms with Crippen LogP contribution in [-0.4, -0.2) is 5.91 Å². The summed E-state index contributed by atoms with van der Waals surface area (Å²) in [4.78, 5) is 12.0. The normalized spacial score (nSPS) is 11.9. The number of nitrogens with two attached hydrogens (primary N) is 1. The Bertz CT molecular complexity index is 626. The summed E-state index contributed by atoms with van der Waals surface area (Å²) in [6, 6.07) is 9.28. The second kappa shape index (κ2) is 5.69. The molecular weight excluding hydrogens is 262 g/mol. The second-order valence-electron chi connectivity index (χ2n) is 4.49. The molecule has 0 aliphatic rings. The molecule has 0 saturated carbocycles. The van der Waals surface area contributed by atoms with Crippen LogP contribution < -0.4 is 11.1 Å². The molecule has 0 bridgehead atoms. The van der Waals surface area contributed by atoms with Gasteiger partial charge in [0.25, 0.3) is 5.91 Å². The SMILES string of the molecule is C[C@H](NC(=O)c1ccc(N)cc1F)c1ccc(F)cc1. The number of carbonyl (C=O) groups excluding carboxylic acids is 1. The zero-order chi connectivity index (χ0) is 14.7. The minimum Gasteiger partial charge on any atom is -0.399 e. The molecular formula is C15H14F2N2O. The Balaban J connectivity index is 2.13. The van der Waals surface area contributed by atoms with Gasteiger partial charge < -0.3 is 11.1 Å². The molecule has 0 unspecified atom stereocenters. The van der Waals surface area contributed by atoms with Crippen LogP contribution in [0.1, 0.15) is 28.9 Å². The van der Waals surface area contributed by atoms with E-state index in [9.17, 15) is 13.6 Å². The number of halogens is 2. The largest absolute Gasteiger partial charge is 0.399 e. The van der Waals surface area contributed by atoms with Gasteiger partial charge in [-0.25, -0.2) is 8.78 Å². The Morgan fingerprint density at radius 2 is 1.80 bits per heavy atom. The molecule has 0 heterocycles. The zero-order valence-corrected chi connectivity index (χ0v) is 10.9. The van der Waals surface area contributed by atoms with E-state index in [1.54, 1.807) is 19.1 Å². The summed E-state index contributed by atoms with van der Waals surface area (Å²) in [5.74, 6) is -1.56. The molecule has 2 aromatic carbocycles. The second-order valence-corrected chi connectivity index (χ2v) is 4.49. The van der Waals surface area contributed by atoms with E-state index in [0.717, 1.165) is 11.6 Å². The van der Waals surface area contributed by atoms with Crippen molar-refractivity contribution in [2.45, 2.75) is 13.0 Å². The van der Waals surface area contributed by atoms with Crippen LogP contribution >= 0.6 is 0 Å². The van der Waals surface area contributed by atoms with E-state index in [1.807, 2.05) is 0 Å². The van der Waals surface area contributed by atoms with Crippen LogP contribution in [-0.2, 0) is 0 Å². The first-order valence-electron chi connectivity index (χ1n) is 6.08. The van der Waals surface area contributed by atoms with Crippen LogP contribution in [0.4, 0.5) is 14.5 Å². The molecule has 20 heavy (non-hydrogen) atoms. The van der Waals surface area contributed by atoms with Gasteiger partial charge in [-0.2, -0.15) is 0 Å². The molecule has 3 N–H and O–H groups in total. The molecule has 1 amide bonds. The summed E-state index contributed by atoms with van der Waals surface area (Å²) in [6.45, 7) is 1.74. The van der Waals surface area contributed by atoms with E-state index in [1.165, 1.54) is 24.3 Å². The summed E-state index contributed by atoms with van der Waals surface area (Å²) in [7, 11) is 0. The summed E-state index contributed by atoms with van der Waals surface area (Å²) < 4.78 is 26.4. The van der Waals surface area contributed by atoms with Crippen molar-refractivity contribution in [3.63, 3.8) is 0 Å². The molecule has 0 spiro atoms. The quantitative estimate of drug-likeness (QED) is 0.847. The minimum absolute atomic E-state index is 0.0758. The van der Waals surface area contributed by atoms with Crippen molar-refractivity contribution in [1.82, 2.24) is 5.32 Å². The third-order valence-corrected chi connectivity index (χ3v) is 2.96. The first kappa shape index (κ1) is 14.0. The maximum atomic E-state index is 13.6. The Hall–Kier alpha value is -2.43. The van der Waals surface area contributed by atoms with Gasteiger partial charge >= 0.3 is 0 Å². The summed E-state index contributed by atoms with van der Waals surface area (Å²) in [5, 5.41) is 2.65. The van der Waals surface area contributed by atoms with Crippen LogP contribution in [0.2, 0.25) is 0 Å². The Kier molecular flexibility index (Phi) is 3.98. The highest BCUT2D eigenvalue weighted by Crippen LogP contribution is 2.16. The Morgan fingerprint density at radius 3 is 2.40 bits per heavy atom. The molecule has 3 nitrogen and oxygen atoms in total. The average Bonchev–Trinajstić information content (AvgIpc) is 2.39. The van der Waals surface area contributed by atoms with Gasteiger partial charge in [-0.05, 0) is 42.8 Å². The van der Waals surface area contributed by atoms with E-state index in [2.05, 4.69) is 5.32 Å². The third kappa shape index (κ3) is 3.12. The summed E-state index contributed by atoms with van der Waals surface area (Å²) >= 11 is 0. The van der Waals surface area contributed by atoms with Crippen molar-refractivity contribution in [3.05, 3.63) is 65.2 Å². The molecule has 0 aliphatic carbocycles. The number of hydrogen-bond acceptors (Lipinski definition) is 2. The lowest BCUT2D eigenvalue weighted by Gasteiger charge is -2.14. The van der Waals surface area contributed by atoms with E-state index < -0.39 is 11.7 Å². The number of nitrogens with one attached hydrogen (secondary N) is 1. The van der Waals surface area contributed by atoms with Crippen molar-refractivity contribution in [3.8, 4) is 0 Å². The molecule has 0 saturated heterocycles. The number of nitrogen functional groups attached to an aromatic ring is 1. The smallest absolute Gasteiger partial charge is 0.254 e. The fraction of sp³-hybridized carbons (Fsp3) is 0.133. The topological polar surface area (TPSA) is 55.1 Å². The molecule has 2 rings (SSSR count). The lowest BCUT2D eigenvalue weighted by Crippen LogP contribution is -2.27. The molecule has 0 aliphatic heterocycles. The summed E-state index contributed by atoms with van der Waals surface area (Å²) in [6.07, 6.45) is 0. The van der Waals surface area contributed by atoms with Gasteiger partial charge in [0, 0.05) is 5.69 Å². The van der Waals surface area contributed by atoms with Crippen LogP contribution in [0.5, 0.6) is 0 Å². The van der Waals surface area contributed by atoms with Crippen LogP contribution in [0, 0.1) is 11.6 Å². The highest BCUT2D eigenvalue weighted by Gasteiger charge is 2.15. The van der Waals surface area contributed by atoms with E-state index in [-0.39, 0.29) is 23.1 Å². The number of carbonyl (C=O) groups is 1.